The Morgan fingerprint density at radius 1 is 1.28 bits per heavy atom. The van der Waals surface area contributed by atoms with Crippen LogP contribution < -0.4 is 10.2 Å². The molecule has 1 atom stereocenters. The lowest BCUT2D eigenvalue weighted by Gasteiger charge is -2.27. The number of nitrogens with zero attached hydrogens (tertiary/aromatic N) is 3. The second-order valence-corrected chi connectivity index (χ2v) is 5.64. The van der Waals surface area contributed by atoms with Gasteiger partial charge in [-0.1, -0.05) is 13.8 Å². The van der Waals surface area contributed by atoms with Gasteiger partial charge in [0.05, 0.1) is 0 Å². The molecule has 0 radical (unpaired) electrons. The van der Waals surface area contributed by atoms with Gasteiger partial charge in [-0.25, -0.2) is 9.97 Å². The standard InChI is InChI=1S/C14H24N4/c1-10(2)11(3)18(4)14-16-8-12(9-17-14)7-15-13-5-6-13/h8-11,13,15H,5-7H2,1-4H3. The van der Waals surface area contributed by atoms with Gasteiger partial charge < -0.3 is 10.2 Å². The Bertz CT molecular complexity index is 370. The molecule has 0 amide bonds. The quantitative estimate of drug-likeness (QED) is 0.838. The maximum absolute atomic E-state index is 4.46. The monoisotopic (exact) mass is 248 g/mol. The molecule has 2 rings (SSSR count). The molecule has 1 fully saturated rings. The van der Waals surface area contributed by atoms with Gasteiger partial charge in [0, 0.05) is 43.6 Å². The zero-order chi connectivity index (χ0) is 13.1. The van der Waals surface area contributed by atoms with Crippen molar-refractivity contribution < 1.29 is 0 Å². The van der Waals surface area contributed by atoms with Crippen LogP contribution in [0.15, 0.2) is 12.4 Å². The molecule has 1 unspecified atom stereocenters. The molecule has 1 aliphatic rings. The Morgan fingerprint density at radius 2 is 1.89 bits per heavy atom. The molecular formula is C14H24N4. The van der Waals surface area contributed by atoms with Gasteiger partial charge in [0.2, 0.25) is 5.95 Å². The van der Waals surface area contributed by atoms with Crippen molar-refractivity contribution in [1.82, 2.24) is 15.3 Å². The summed E-state index contributed by atoms with van der Waals surface area (Å²) in [5, 5.41) is 3.47. The Balaban J connectivity index is 1.93. The summed E-state index contributed by atoms with van der Waals surface area (Å²) in [5.74, 6) is 1.40. The minimum absolute atomic E-state index is 0.445. The summed E-state index contributed by atoms with van der Waals surface area (Å²) in [6, 6.07) is 1.17. The molecule has 0 bridgehead atoms. The van der Waals surface area contributed by atoms with E-state index in [1.807, 2.05) is 12.4 Å². The highest BCUT2D eigenvalue weighted by Gasteiger charge is 2.20. The molecule has 100 valence electrons. The van der Waals surface area contributed by atoms with E-state index in [1.165, 1.54) is 12.8 Å². The van der Waals surface area contributed by atoms with E-state index in [1.54, 1.807) is 0 Å². The zero-order valence-electron chi connectivity index (χ0n) is 11.8. The van der Waals surface area contributed by atoms with Crippen molar-refractivity contribution in [2.45, 2.75) is 52.2 Å². The van der Waals surface area contributed by atoms with Crippen LogP contribution in [0.5, 0.6) is 0 Å². The topological polar surface area (TPSA) is 41.1 Å². The first kappa shape index (κ1) is 13.3. The molecule has 1 saturated carbocycles. The summed E-state index contributed by atoms with van der Waals surface area (Å²) >= 11 is 0. The molecule has 0 saturated heterocycles. The molecule has 1 aliphatic carbocycles. The first-order valence-corrected chi connectivity index (χ1v) is 6.85. The molecule has 0 spiro atoms. The number of anilines is 1. The van der Waals surface area contributed by atoms with Gasteiger partial charge in [0.1, 0.15) is 0 Å². The predicted octanol–water partition coefficient (Wildman–Crippen LogP) is 2.21. The summed E-state index contributed by atoms with van der Waals surface area (Å²) in [4.78, 5) is 11.1. The van der Waals surface area contributed by atoms with Crippen LogP contribution in [0, 0.1) is 5.92 Å². The fraction of sp³-hybridized carbons (Fsp3) is 0.714. The fourth-order valence-electron chi connectivity index (χ4n) is 1.80. The van der Waals surface area contributed by atoms with Crippen molar-refractivity contribution in [3.8, 4) is 0 Å². The fourth-order valence-corrected chi connectivity index (χ4v) is 1.80. The minimum Gasteiger partial charge on any atom is -0.341 e. The highest BCUT2D eigenvalue weighted by Crippen LogP contribution is 2.19. The van der Waals surface area contributed by atoms with Gasteiger partial charge >= 0.3 is 0 Å². The van der Waals surface area contributed by atoms with Crippen molar-refractivity contribution in [3.05, 3.63) is 18.0 Å². The lowest BCUT2D eigenvalue weighted by Crippen LogP contribution is -2.34. The second kappa shape index (κ2) is 5.65. The van der Waals surface area contributed by atoms with E-state index >= 15 is 0 Å². The van der Waals surface area contributed by atoms with Gasteiger partial charge in [-0.2, -0.15) is 0 Å². The van der Waals surface area contributed by atoms with Crippen LogP contribution >= 0.6 is 0 Å². The zero-order valence-corrected chi connectivity index (χ0v) is 11.8. The number of hydrogen-bond donors (Lipinski definition) is 1. The maximum atomic E-state index is 4.46. The third kappa shape index (κ3) is 3.42. The van der Waals surface area contributed by atoms with E-state index in [0.29, 0.717) is 12.0 Å². The Kier molecular flexibility index (Phi) is 4.17. The van der Waals surface area contributed by atoms with Crippen LogP contribution in [0.2, 0.25) is 0 Å². The van der Waals surface area contributed by atoms with Gasteiger partial charge in [0.25, 0.3) is 0 Å². The van der Waals surface area contributed by atoms with Crippen molar-refractivity contribution >= 4 is 5.95 Å². The first-order valence-electron chi connectivity index (χ1n) is 6.85. The number of rotatable bonds is 6. The SMILES string of the molecule is CC(C)C(C)N(C)c1ncc(CNC2CC2)cn1. The van der Waals surface area contributed by atoms with Crippen molar-refractivity contribution in [1.29, 1.82) is 0 Å². The average molecular weight is 248 g/mol. The van der Waals surface area contributed by atoms with Crippen LogP contribution in [0.3, 0.4) is 0 Å². The lowest BCUT2D eigenvalue weighted by atomic mass is 10.1. The Hall–Kier alpha value is -1.16. The van der Waals surface area contributed by atoms with E-state index < -0.39 is 0 Å². The minimum atomic E-state index is 0.445. The third-order valence-corrected chi connectivity index (χ3v) is 3.76. The van der Waals surface area contributed by atoms with Gasteiger partial charge in [-0.15, -0.1) is 0 Å². The van der Waals surface area contributed by atoms with Crippen LogP contribution in [0.1, 0.15) is 39.2 Å². The summed E-state index contributed by atoms with van der Waals surface area (Å²) in [5.41, 5.74) is 1.16. The Labute approximate surface area is 110 Å². The molecule has 4 nitrogen and oxygen atoms in total. The largest absolute Gasteiger partial charge is 0.341 e. The van der Waals surface area contributed by atoms with Crippen LogP contribution in [-0.4, -0.2) is 29.1 Å². The molecule has 0 aromatic carbocycles. The molecule has 1 aromatic heterocycles. The maximum Gasteiger partial charge on any atom is 0.225 e. The van der Waals surface area contributed by atoms with E-state index in [-0.39, 0.29) is 0 Å². The molecule has 1 N–H and O–H groups in total. The normalized spacial score (nSPS) is 16.9. The third-order valence-electron chi connectivity index (χ3n) is 3.76. The lowest BCUT2D eigenvalue weighted by molar-refractivity contribution is 0.499. The number of aromatic nitrogens is 2. The first-order chi connectivity index (χ1) is 8.58. The van der Waals surface area contributed by atoms with E-state index in [4.69, 9.17) is 0 Å². The van der Waals surface area contributed by atoms with Crippen LogP contribution in [0.4, 0.5) is 5.95 Å². The Morgan fingerprint density at radius 3 is 2.39 bits per heavy atom. The van der Waals surface area contributed by atoms with Gasteiger partial charge in [-0.3, -0.25) is 0 Å². The average Bonchev–Trinajstić information content (AvgIpc) is 3.19. The summed E-state index contributed by atoms with van der Waals surface area (Å²) in [6.07, 6.45) is 6.49. The van der Waals surface area contributed by atoms with Gasteiger partial charge in [-0.05, 0) is 25.7 Å². The van der Waals surface area contributed by atoms with Crippen molar-refractivity contribution in [2.24, 2.45) is 5.92 Å². The molecule has 1 heterocycles. The predicted molar refractivity (Wildman–Crippen MR) is 74.6 cm³/mol. The van der Waals surface area contributed by atoms with Gasteiger partial charge in [0.15, 0.2) is 0 Å². The summed E-state index contributed by atoms with van der Waals surface area (Å²) in [6.45, 7) is 7.52. The van der Waals surface area contributed by atoms with E-state index in [2.05, 4.69) is 48.0 Å². The van der Waals surface area contributed by atoms with Crippen molar-refractivity contribution in [2.75, 3.05) is 11.9 Å². The molecule has 18 heavy (non-hydrogen) atoms. The van der Waals surface area contributed by atoms with E-state index in [9.17, 15) is 0 Å². The summed E-state index contributed by atoms with van der Waals surface area (Å²) < 4.78 is 0. The van der Waals surface area contributed by atoms with Crippen molar-refractivity contribution in [3.63, 3.8) is 0 Å². The second-order valence-electron chi connectivity index (χ2n) is 5.64. The molecular weight excluding hydrogens is 224 g/mol. The number of nitrogens with one attached hydrogen (secondary N) is 1. The highest BCUT2D eigenvalue weighted by molar-refractivity contribution is 5.30. The van der Waals surface area contributed by atoms with Crippen LogP contribution in [0.25, 0.3) is 0 Å². The van der Waals surface area contributed by atoms with E-state index in [0.717, 1.165) is 24.1 Å². The molecule has 4 heteroatoms. The highest BCUT2D eigenvalue weighted by atomic mass is 15.2. The number of hydrogen-bond acceptors (Lipinski definition) is 4. The molecule has 0 aliphatic heterocycles. The molecule has 1 aromatic rings. The smallest absolute Gasteiger partial charge is 0.225 e. The summed E-state index contributed by atoms with van der Waals surface area (Å²) in [7, 11) is 2.06. The van der Waals surface area contributed by atoms with Crippen LogP contribution in [-0.2, 0) is 6.54 Å².